The monoisotopic (exact) mass is 387 g/mol. The van der Waals surface area contributed by atoms with Crippen molar-refractivity contribution in [2.45, 2.75) is 6.42 Å². The minimum absolute atomic E-state index is 0.0337. The largest absolute Gasteiger partial charge is 0.495 e. The number of Topliss-reactive ketones (excluding diaryl/α,β-unsaturated/α-hetero) is 1. The maximum Gasteiger partial charge on any atom is 0.311 e. The van der Waals surface area contributed by atoms with Crippen molar-refractivity contribution in [2.24, 2.45) is 5.92 Å². The molecule has 6 nitrogen and oxygen atoms in total. The first-order chi connectivity index (χ1) is 13.0. The van der Waals surface area contributed by atoms with Crippen LogP contribution in [-0.2, 0) is 14.3 Å². The molecule has 0 unspecified atom stereocenters. The van der Waals surface area contributed by atoms with Gasteiger partial charge >= 0.3 is 5.97 Å². The topological polar surface area (TPSA) is 72.9 Å². The zero-order valence-electron chi connectivity index (χ0n) is 14.7. The lowest BCUT2D eigenvalue weighted by molar-refractivity contribution is -0.147. The highest BCUT2D eigenvalue weighted by molar-refractivity contribution is 6.30. The summed E-state index contributed by atoms with van der Waals surface area (Å²) in [4.78, 5) is 38.2. The van der Waals surface area contributed by atoms with Crippen LogP contribution in [0, 0.1) is 5.92 Å². The summed E-state index contributed by atoms with van der Waals surface area (Å²) in [6, 6.07) is 13.4. The Hall–Kier alpha value is -2.86. The van der Waals surface area contributed by atoms with E-state index >= 15 is 0 Å². The molecule has 7 heteroatoms. The number of hydrogen-bond donors (Lipinski definition) is 0. The molecule has 2 aromatic carbocycles. The van der Waals surface area contributed by atoms with Crippen molar-refractivity contribution in [3.63, 3.8) is 0 Å². The van der Waals surface area contributed by atoms with Crippen molar-refractivity contribution in [3.8, 4) is 5.75 Å². The zero-order valence-corrected chi connectivity index (χ0v) is 15.4. The van der Waals surface area contributed by atoms with Crippen LogP contribution in [-0.4, -0.2) is 37.9 Å². The summed E-state index contributed by atoms with van der Waals surface area (Å²) in [6.45, 7) is -0.188. The summed E-state index contributed by atoms with van der Waals surface area (Å²) in [6.07, 6.45) is 0.0337. The normalized spacial score (nSPS) is 16.3. The molecule has 0 bridgehead atoms. The average Bonchev–Trinajstić information content (AvgIpc) is 3.08. The third-order valence-electron chi connectivity index (χ3n) is 4.35. The predicted molar refractivity (Wildman–Crippen MR) is 100 cm³/mol. The fourth-order valence-corrected chi connectivity index (χ4v) is 3.05. The van der Waals surface area contributed by atoms with Gasteiger partial charge in [-0.1, -0.05) is 23.7 Å². The maximum atomic E-state index is 12.3. The molecule has 27 heavy (non-hydrogen) atoms. The number of ketones is 1. The van der Waals surface area contributed by atoms with Gasteiger partial charge in [-0.05, 0) is 36.4 Å². The van der Waals surface area contributed by atoms with Crippen molar-refractivity contribution in [1.29, 1.82) is 0 Å². The van der Waals surface area contributed by atoms with Gasteiger partial charge in [0.25, 0.3) is 0 Å². The smallest absolute Gasteiger partial charge is 0.311 e. The molecule has 1 saturated heterocycles. The molecule has 0 radical (unpaired) electrons. The Kier molecular flexibility index (Phi) is 5.76. The standard InChI is InChI=1S/C20H18ClNO5/c1-26-18-5-3-2-4-16(18)22-11-14(10-19(22)24)20(25)27-12-17(23)13-6-8-15(21)9-7-13/h2-9,14H,10-12H2,1H3/t14-/m0/s1. The lowest BCUT2D eigenvalue weighted by atomic mass is 10.1. The number of methoxy groups -OCH3 is 1. The molecule has 0 aliphatic carbocycles. The first-order valence-corrected chi connectivity index (χ1v) is 8.76. The summed E-state index contributed by atoms with van der Waals surface area (Å²) >= 11 is 5.79. The van der Waals surface area contributed by atoms with Crippen molar-refractivity contribution in [2.75, 3.05) is 25.2 Å². The van der Waals surface area contributed by atoms with E-state index < -0.39 is 11.9 Å². The number of rotatable bonds is 6. The average molecular weight is 388 g/mol. The number of halogens is 1. The van der Waals surface area contributed by atoms with E-state index in [1.807, 2.05) is 0 Å². The number of para-hydroxylation sites is 2. The van der Waals surface area contributed by atoms with Crippen LogP contribution in [0.15, 0.2) is 48.5 Å². The van der Waals surface area contributed by atoms with Crippen LogP contribution in [0.25, 0.3) is 0 Å². The number of hydrogen-bond acceptors (Lipinski definition) is 5. The molecular formula is C20H18ClNO5. The summed E-state index contributed by atoms with van der Waals surface area (Å²) in [5.74, 6) is -1.15. The first-order valence-electron chi connectivity index (χ1n) is 8.38. The van der Waals surface area contributed by atoms with Gasteiger partial charge in [0.1, 0.15) is 5.75 Å². The fraction of sp³-hybridized carbons (Fsp3) is 0.250. The quantitative estimate of drug-likeness (QED) is 0.562. The van der Waals surface area contributed by atoms with Crippen LogP contribution in [0.3, 0.4) is 0 Å². The van der Waals surface area contributed by atoms with Crippen LogP contribution < -0.4 is 9.64 Å². The molecule has 1 fully saturated rings. The van der Waals surface area contributed by atoms with Gasteiger partial charge in [0.2, 0.25) is 5.91 Å². The Labute approximate surface area is 161 Å². The van der Waals surface area contributed by atoms with Gasteiger partial charge in [-0.15, -0.1) is 0 Å². The van der Waals surface area contributed by atoms with E-state index in [-0.39, 0.29) is 31.3 Å². The summed E-state index contributed by atoms with van der Waals surface area (Å²) in [7, 11) is 1.52. The molecule has 1 aliphatic rings. The van der Waals surface area contributed by atoms with E-state index in [1.165, 1.54) is 12.0 Å². The van der Waals surface area contributed by atoms with Crippen LogP contribution in [0.1, 0.15) is 16.8 Å². The third kappa shape index (κ3) is 4.28. The molecule has 1 amide bonds. The van der Waals surface area contributed by atoms with Crippen molar-refractivity contribution in [3.05, 3.63) is 59.1 Å². The van der Waals surface area contributed by atoms with Crippen LogP contribution in [0.2, 0.25) is 5.02 Å². The molecule has 2 aromatic rings. The van der Waals surface area contributed by atoms with Gasteiger partial charge in [-0.2, -0.15) is 0 Å². The maximum absolute atomic E-state index is 12.3. The van der Waals surface area contributed by atoms with E-state index in [4.69, 9.17) is 21.1 Å². The number of amides is 1. The number of benzene rings is 2. The Bertz CT molecular complexity index is 865. The SMILES string of the molecule is COc1ccccc1N1C[C@@H](C(=O)OCC(=O)c2ccc(Cl)cc2)CC1=O. The van der Waals surface area contributed by atoms with Gasteiger partial charge in [0, 0.05) is 23.6 Å². The number of ether oxygens (including phenoxy) is 2. The second kappa shape index (κ2) is 8.22. The highest BCUT2D eigenvalue weighted by atomic mass is 35.5. The Morgan fingerprint density at radius 3 is 2.56 bits per heavy atom. The van der Waals surface area contributed by atoms with Gasteiger partial charge in [-0.3, -0.25) is 14.4 Å². The number of esters is 1. The van der Waals surface area contributed by atoms with Gasteiger partial charge in [0.15, 0.2) is 12.4 Å². The van der Waals surface area contributed by atoms with Crippen LogP contribution in [0.4, 0.5) is 5.69 Å². The Morgan fingerprint density at radius 2 is 1.85 bits per heavy atom. The second-order valence-electron chi connectivity index (χ2n) is 6.12. The summed E-state index contributed by atoms with van der Waals surface area (Å²) in [5.41, 5.74) is 1.02. The molecule has 3 rings (SSSR count). The van der Waals surface area contributed by atoms with E-state index in [2.05, 4.69) is 0 Å². The molecule has 1 aliphatic heterocycles. The third-order valence-corrected chi connectivity index (χ3v) is 4.60. The fourth-order valence-electron chi connectivity index (χ4n) is 2.92. The van der Waals surface area contributed by atoms with Gasteiger partial charge in [0.05, 0.1) is 18.7 Å². The van der Waals surface area contributed by atoms with E-state index in [0.29, 0.717) is 22.0 Å². The Balaban J connectivity index is 1.60. The van der Waals surface area contributed by atoms with Gasteiger partial charge in [-0.25, -0.2) is 0 Å². The molecule has 140 valence electrons. The second-order valence-corrected chi connectivity index (χ2v) is 6.55. The minimum Gasteiger partial charge on any atom is -0.495 e. The molecule has 0 saturated carbocycles. The van der Waals surface area contributed by atoms with Crippen molar-refractivity contribution in [1.82, 2.24) is 0 Å². The zero-order chi connectivity index (χ0) is 19.4. The van der Waals surface area contributed by atoms with E-state index in [0.717, 1.165) is 0 Å². The molecular weight excluding hydrogens is 370 g/mol. The van der Waals surface area contributed by atoms with E-state index in [1.54, 1.807) is 48.5 Å². The highest BCUT2D eigenvalue weighted by Crippen LogP contribution is 2.33. The number of nitrogens with zero attached hydrogens (tertiary/aromatic N) is 1. The highest BCUT2D eigenvalue weighted by Gasteiger charge is 2.37. The predicted octanol–water partition coefficient (Wildman–Crippen LogP) is 3.13. The Morgan fingerprint density at radius 1 is 1.15 bits per heavy atom. The van der Waals surface area contributed by atoms with Crippen molar-refractivity contribution >= 4 is 34.9 Å². The van der Waals surface area contributed by atoms with Crippen LogP contribution >= 0.6 is 11.6 Å². The lowest BCUT2D eigenvalue weighted by Gasteiger charge is -2.19. The van der Waals surface area contributed by atoms with Gasteiger partial charge < -0.3 is 14.4 Å². The molecule has 1 atom stereocenters. The molecule has 0 spiro atoms. The molecule has 1 heterocycles. The summed E-state index contributed by atoms with van der Waals surface area (Å²) < 4.78 is 10.4. The van der Waals surface area contributed by atoms with Crippen molar-refractivity contribution < 1.29 is 23.9 Å². The lowest BCUT2D eigenvalue weighted by Crippen LogP contribution is -2.27. The minimum atomic E-state index is -0.625. The number of carbonyl (C=O) groups excluding carboxylic acids is 3. The van der Waals surface area contributed by atoms with Crippen LogP contribution in [0.5, 0.6) is 5.75 Å². The first kappa shape index (κ1) is 18.9. The number of anilines is 1. The summed E-state index contributed by atoms with van der Waals surface area (Å²) in [5, 5.41) is 0.518. The number of carbonyl (C=O) groups is 3. The molecule has 0 N–H and O–H groups in total. The van der Waals surface area contributed by atoms with E-state index in [9.17, 15) is 14.4 Å². The molecule has 0 aromatic heterocycles.